The molecule has 0 N–H and O–H groups in total. The third kappa shape index (κ3) is 4.27. The number of methoxy groups -OCH3 is 1. The number of hydrogen-bond donors (Lipinski definition) is 0. The molecule has 4 heteroatoms. The van der Waals surface area contributed by atoms with Gasteiger partial charge < -0.3 is 14.1 Å². The summed E-state index contributed by atoms with van der Waals surface area (Å²) in [5.41, 5.74) is 1.70. The summed E-state index contributed by atoms with van der Waals surface area (Å²) in [6.07, 6.45) is 5.44. The Morgan fingerprint density at radius 1 is 1.30 bits per heavy atom. The van der Waals surface area contributed by atoms with Gasteiger partial charge in [0.1, 0.15) is 11.3 Å². The molecule has 1 amide bonds. The van der Waals surface area contributed by atoms with E-state index in [2.05, 4.69) is 20.8 Å². The number of unbranched alkanes of at least 4 members (excludes halogenated alkanes) is 2. The maximum Gasteiger partial charge on any atom is 0.227 e. The number of carbonyl (C=O) groups is 1. The van der Waals surface area contributed by atoms with E-state index in [-0.39, 0.29) is 11.9 Å². The Hall–Kier alpha value is -1.97. The van der Waals surface area contributed by atoms with Crippen LogP contribution >= 0.6 is 0 Å². The van der Waals surface area contributed by atoms with Crippen molar-refractivity contribution in [2.75, 3.05) is 13.7 Å². The molecule has 0 radical (unpaired) electrons. The molecule has 2 aromatic rings. The van der Waals surface area contributed by atoms with Gasteiger partial charge in [-0.1, -0.05) is 19.8 Å². The van der Waals surface area contributed by atoms with Crippen molar-refractivity contribution in [1.29, 1.82) is 0 Å². The number of nitrogens with zero attached hydrogens (tertiary/aromatic N) is 1. The summed E-state index contributed by atoms with van der Waals surface area (Å²) in [5, 5.41) is 0.983. The highest BCUT2D eigenvalue weighted by molar-refractivity contribution is 5.88. The van der Waals surface area contributed by atoms with E-state index < -0.39 is 0 Å². The lowest BCUT2D eigenvalue weighted by Crippen LogP contribution is -2.38. The SMILES string of the molecule is CCCCCN(C(=O)Cc1coc2cc(OC)ccc12)C(C)C. The predicted molar refractivity (Wildman–Crippen MR) is 92.8 cm³/mol. The van der Waals surface area contributed by atoms with Gasteiger partial charge in [0, 0.05) is 29.6 Å². The molecule has 0 fully saturated rings. The number of furan rings is 1. The monoisotopic (exact) mass is 317 g/mol. The third-order valence-corrected chi connectivity index (χ3v) is 4.15. The van der Waals surface area contributed by atoms with Gasteiger partial charge in [-0.25, -0.2) is 0 Å². The zero-order chi connectivity index (χ0) is 16.8. The number of benzene rings is 1. The first-order valence-electron chi connectivity index (χ1n) is 8.40. The topological polar surface area (TPSA) is 42.7 Å². The first kappa shape index (κ1) is 17.4. The molecule has 1 aromatic carbocycles. The summed E-state index contributed by atoms with van der Waals surface area (Å²) in [7, 11) is 1.63. The van der Waals surface area contributed by atoms with Gasteiger partial charge in [0.15, 0.2) is 0 Å². The van der Waals surface area contributed by atoms with Crippen LogP contribution in [0.1, 0.15) is 45.6 Å². The Morgan fingerprint density at radius 3 is 2.74 bits per heavy atom. The van der Waals surface area contributed by atoms with Crippen LogP contribution in [0.25, 0.3) is 11.0 Å². The first-order chi connectivity index (χ1) is 11.1. The zero-order valence-corrected chi connectivity index (χ0v) is 14.6. The summed E-state index contributed by atoms with van der Waals surface area (Å²) in [6, 6.07) is 5.92. The fourth-order valence-electron chi connectivity index (χ4n) is 2.79. The second-order valence-corrected chi connectivity index (χ2v) is 6.19. The molecule has 0 bridgehead atoms. The number of hydrogen-bond acceptors (Lipinski definition) is 3. The lowest BCUT2D eigenvalue weighted by molar-refractivity contribution is -0.132. The normalized spacial score (nSPS) is 11.2. The van der Waals surface area contributed by atoms with E-state index >= 15 is 0 Å². The van der Waals surface area contributed by atoms with Gasteiger partial charge in [0.05, 0.1) is 19.8 Å². The van der Waals surface area contributed by atoms with Crippen molar-refractivity contribution in [3.63, 3.8) is 0 Å². The molecule has 1 heterocycles. The van der Waals surface area contributed by atoms with Gasteiger partial charge in [-0.3, -0.25) is 4.79 Å². The van der Waals surface area contributed by atoms with Crippen LogP contribution in [0.3, 0.4) is 0 Å². The Kier molecular flexibility index (Phi) is 6.08. The Bertz CT molecular complexity index is 645. The van der Waals surface area contributed by atoms with Crippen molar-refractivity contribution in [3.8, 4) is 5.75 Å². The molecule has 4 nitrogen and oxygen atoms in total. The van der Waals surface area contributed by atoms with Crippen molar-refractivity contribution in [3.05, 3.63) is 30.0 Å². The molecule has 0 aliphatic carbocycles. The lowest BCUT2D eigenvalue weighted by Gasteiger charge is -2.26. The number of amides is 1. The van der Waals surface area contributed by atoms with E-state index in [9.17, 15) is 4.79 Å². The van der Waals surface area contributed by atoms with Crippen molar-refractivity contribution in [2.45, 2.75) is 52.5 Å². The minimum Gasteiger partial charge on any atom is -0.497 e. The Morgan fingerprint density at radius 2 is 2.09 bits per heavy atom. The van der Waals surface area contributed by atoms with Crippen LogP contribution < -0.4 is 4.74 Å². The van der Waals surface area contributed by atoms with Crippen molar-refractivity contribution >= 4 is 16.9 Å². The highest BCUT2D eigenvalue weighted by Gasteiger charge is 2.19. The lowest BCUT2D eigenvalue weighted by atomic mass is 10.1. The largest absolute Gasteiger partial charge is 0.497 e. The van der Waals surface area contributed by atoms with E-state index in [4.69, 9.17) is 9.15 Å². The number of fused-ring (bicyclic) bond motifs is 1. The molecule has 23 heavy (non-hydrogen) atoms. The molecule has 0 aliphatic heterocycles. The molecular formula is C19H27NO3. The molecule has 0 saturated carbocycles. The molecule has 0 spiro atoms. The molecule has 0 saturated heterocycles. The Balaban J connectivity index is 2.11. The van der Waals surface area contributed by atoms with E-state index in [0.29, 0.717) is 6.42 Å². The van der Waals surface area contributed by atoms with E-state index in [1.165, 1.54) is 0 Å². The minimum atomic E-state index is 0.162. The molecule has 0 aliphatic rings. The standard InChI is InChI=1S/C19H27NO3/c1-5-6-7-10-20(14(2)3)19(21)11-15-13-23-18-12-16(22-4)8-9-17(15)18/h8-9,12-14H,5-7,10-11H2,1-4H3. The van der Waals surface area contributed by atoms with Crippen LogP contribution in [-0.2, 0) is 11.2 Å². The first-order valence-corrected chi connectivity index (χ1v) is 8.40. The maximum absolute atomic E-state index is 12.7. The fourth-order valence-corrected chi connectivity index (χ4v) is 2.79. The van der Waals surface area contributed by atoms with Crippen molar-refractivity contribution in [1.82, 2.24) is 4.90 Å². The zero-order valence-electron chi connectivity index (χ0n) is 14.6. The van der Waals surface area contributed by atoms with Crippen molar-refractivity contribution < 1.29 is 13.9 Å². The van der Waals surface area contributed by atoms with Gasteiger partial charge in [0.25, 0.3) is 0 Å². The molecule has 126 valence electrons. The summed E-state index contributed by atoms with van der Waals surface area (Å²) >= 11 is 0. The van der Waals surface area contributed by atoms with Gasteiger partial charge in [-0.05, 0) is 32.4 Å². The van der Waals surface area contributed by atoms with Gasteiger partial charge in [-0.15, -0.1) is 0 Å². The molecular weight excluding hydrogens is 290 g/mol. The van der Waals surface area contributed by atoms with Crippen LogP contribution in [0.5, 0.6) is 5.75 Å². The number of ether oxygens (including phenoxy) is 1. The van der Waals surface area contributed by atoms with E-state index in [1.54, 1.807) is 13.4 Å². The molecule has 0 atom stereocenters. The number of carbonyl (C=O) groups excluding carboxylic acids is 1. The van der Waals surface area contributed by atoms with Gasteiger partial charge in [0.2, 0.25) is 5.91 Å². The van der Waals surface area contributed by atoms with Gasteiger partial charge >= 0.3 is 0 Å². The van der Waals surface area contributed by atoms with Crippen LogP contribution in [0.15, 0.2) is 28.9 Å². The third-order valence-electron chi connectivity index (χ3n) is 4.15. The van der Waals surface area contributed by atoms with Crippen LogP contribution in [0, 0.1) is 0 Å². The second-order valence-electron chi connectivity index (χ2n) is 6.19. The summed E-state index contributed by atoms with van der Waals surface area (Å²) < 4.78 is 10.8. The molecule has 2 rings (SSSR count). The van der Waals surface area contributed by atoms with Crippen molar-refractivity contribution in [2.24, 2.45) is 0 Å². The number of rotatable bonds is 8. The summed E-state index contributed by atoms with van der Waals surface area (Å²) in [6.45, 7) is 7.14. The highest BCUT2D eigenvalue weighted by atomic mass is 16.5. The van der Waals surface area contributed by atoms with Gasteiger partial charge in [-0.2, -0.15) is 0 Å². The highest BCUT2D eigenvalue weighted by Crippen LogP contribution is 2.26. The van der Waals surface area contributed by atoms with Crippen LogP contribution in [0.2, 0.25) is 0 Å². The quantitative estimate of drug-likeness (QED) is 0.677. The van der Waals surface area contributed by atoms with E-state index in [1.807, 2.05) is 23.1 Å². The second kappa shape index (κ2) is 8.04. The fraction of sp³-hybridized carbons (Fsp3) is 0.526. The molecule has 0 unspecified atom stereocenters. The van der Waals surface area contributed by atoms with E-state index in [0.717, 1.165) is 48.1 Å². The molecule has 1 aromatic heterocycles. The predicted octanol–water partition coefficient (Wildman–Crippen LogP) is 4.41. The minimum absolute atomic E-state index is 0.162. The summed E-state index contributed by atoms with van der Waals surface area (Å²) in [4.78, 5) is 14.6. The summed E-state index contributed by atoms with van der Waals surface area (Å²) in [5.74, 6) is 0.919. The Labute approximate surface area is 138 Å². The average molecular weight is 317 g/mol. The smallest absolute Gasteiger partial charge is 0.227 e. The van der Waals surface area contributed by atoms with Crippen LogP contribution in [0.4, 0.5) is 0 Å². The van der Waals surface area contributed by atoms with Crippen LogP contribution in [-0.4, -0.2) is 30.5 Å². The average Bonchev–Trinajstić information content (AvgIpc) is 2.93. The maximum atomic E-state index is 12.7.